The highest BCUT2D eigenvalue weighted by Crippen LogP contribution is 2.09. The zero-order valence-corrected chi connectivity index (χ0v) is 10.0. The van der Waals surface area contributed by atoms with E-state index in [0.717, 1.165) is 0 Å². The van der Waals surface area contributed by atoms with Crippen LogP contribution >= 0.6 is 0 Å². The van der Waals surface area contributed by atoms with Gasteiger partial charge < -0.3 is 16.1 Å². The predicted octanol–water partition coefficient (Wildman–Crippen LogP) is 1.59. The zero-order valence-electron chi connectivity index (χ0n) is 10.0. The molecule has 0 bridgehead atoms. The Morgan fingerprint density at radius 1 is 1.44 bits per heavy atom. The normalized spacial score (nSPS) is 11.1. The van der Waals surface area contributed by atoms with Gasteiger partial charge in [0, 0.05) is 23.4 Å². The van der Waals surface area contributed by atoms with E-state index in [9.17, 15) is 4.79 Å². The van der Waals surface area contributed by atoms with Crippen LogP contribution in [0.1, 0.15) is 22.8 Å². The minimum absolute atomic E-state index is 0.0265. The molecule has 1 atom stereocenters. The van der Waals surface area contributed by atoms with Gasteiger partial charge in [0.05, 0.1) is 6.07 Å². The van der Waals surface area contributed by atoms with Crippen LogP contribution in [0.3, 0.4) is 0 Å². The molecule has 1 unspecified atom stereocenters. The summed E-state index contributed by atoms with van der Waals surface area (Å²) in [5.74, 6) is -0.557. The van der Waals surface area contributed by atoms with Gasteiger partial charge in [0.2, 0.25) is 0 Å². The lowest BCUT2D eigenvalue weighted by molar-refractivity contribution is 0.0958. The molecule has 0 saturated heterocycles. The summed E-state index contributed by atoms with van der Waals surface area (Å²) in [4.78, 5) is 11.5. The monoisotopic (exact) mass is 242 g/mol. The van der Waals surface area contributed by atoms with Crippen LogP contribution in [0.4, 0.5) is 0 Å². The number of rotatable bonds is 5. The predicted molar refractivity (Wildman–Crippen MR) is 69.2 cm³/mol. The second-order valence-corrected chi connectivity index (χ2v) is 3.79. The van der Waals surface area contributed by atoms with Crippen LogP contribution < -0.4 is 5.32 Å². The van der Waals surface area contributed by atoms with Crippen molar-refractivity contribution in [2.24, 2.45) is 5.92 Å². The first-order chi connectivity index (χ1) is 8.60. The third-order valence-electron chi connectivity index (χ3n) is 2.49. The maximum atomic E-state index is 11.5. The molecule has 0 saturated carbocycles. The summed E-state index contributed by atoms with van der Waals surface area (Å²) in [5, 5.41) is 25.7. The summed E-state index contributed by atoms with van der Waals surface area (Å²) in [7, 11) is 0. The molecule has 1 rings (SSSR count). The first-order valence-electron chi connectivity index (χ1n) is 5.44. The largest absolute Gasteiger partial charge is 0.339 e. The Labute approximate surface area is 105 Å². The van der Waals surface area contributed by atoms with Gasteiger partial charge in [-0.2, -0.15) is 5.26 Å². The summed E-state index contributed by atoms with van der Waals surface area (Å²) < 4.78 is 0. The van der Waals surface area contributed by atoms with Gasteiger partial charge in [-0.15, -0.1) is 0 Å². The fourth-order valence-corrected chi connectivity index (χ4v) is 1.37. The number of carbonyl (C=O) groups excluding carboxylic acids is 1. The first-order valence-corrected chi connectivity index (χ1v) is 5.44. The molecule has 5 nitrogen and oxygen atoms in total. The van der Waals surface area contributed by atoms with Gasteiger partial charge in [0.25, 0.3) is 5.91 Å². The third-order valence-corrected chi connectivity index (χ3v) is 2.49. The molecule has 1 aromatic rings. The van der Waals surface area contributed by atoms with Crippen LogP contribution in [0.25, 0.3) is 0 Å². The second-order valence-electron chi connectivity index (χ2n) is 3.79. The van der Waals surface area contributed by atoms with Crippen molar-refractivity contribution in [3.05, 3.63) is 35.4 Å². The van der Waals surface area contributed by atoms with Crippen molar-refractivity contribution in [1.82, 2.24) is 5.32 Å². The van der Waals surface area contributed by atoms with Crippen molar-refractivity contribution >= 4 is 17.8 Å². The van der Waals surface area contributed by atoms with Crippen LogP contribution in [-0.4, -0.2) is 24.4 Å². The van der Waals surface area contributed by atoms with Crippen molar-refractivity contribution in [1.29, 1.82) is 16.1 Å². The lowest BCUT2D eigenvalue weighted by Crippen LogP contribution is -2.23. The quantitative estimate of drug-likeness (QED) is 0.539. The number of hydrogen-bond acceptors (Lipinski definition) is 4. The second kappa shape index (κ2) is 6.30. The van der Waals surface area contributed by atoms with Gasteiger partial charge in [-0.1, -0.05) is 19.1 Å². The van der Waals surface area contributed by atoms with E-state index in [4.69, 9.17) is 16.1 Å². The van der Waals surface area contributed by atoms with E-state index >= 15 is 0 Å². The SMILES string of the molecule is CC(C=N)C(=N)c1ccc(C(=O)NCC#N)cc1. The number of nitrogens with one attached hydrogen (secondary N) is 3. The smallest absolute Gasteiger partial charge is 0.252 e. The molecule has 0 aliphatic carbocycles. The Kier molecular flexibility index (Phi) is 4.76. The van der Waals surface area contributed by atoms with Crippen LogP contribution in [-0.2, 0) is 0 Å². The Morgan fingerprint density at radius 3 is 2.50 bits per heavy atom. The average molecular weight is 242 g/mol. The number of nitriles is 1. The Balaban J connectivity index is 2.80. The van der Waals surface area contributed by atoms with E-state index in [1.54, 1.807) is 31.2 Å². The van der Waals surface area contributed by atoms with Crippen LogP contribution in [0.15, 0.2) is 24.3 Å². The molecule has 0 fully saturated rings. The minimum Gasteiger partial charge on any atom is -0.339 e. The molecule has 92 valence electrons. The van der Waals surface area contributed by atoms with Crippen molar-refractivity contribution in [3.63, 3.8) is 0 Å². The van der Waals surface area contributed by atoms with E-state index in [1.165, 1.54) is 6.21 Å². The number of benzene rings is 1. The molecule has 0 aliphatic heterocycles. The molecule has 0 aromatic heterocycles. The third kappa shape index (κ3) is 3.25. The van der Waals surface area contributed by atoms with Crippen LogP contribution in [0, 0.1) is 28.1 Å². The Hall–Kier alpha value is -2.48. The van der Waals surface area contributed by atoms with Crippen molar-refractivity contribution in [3.8, 4) is 6.07 Å². The molecular formula is C13H14N4O. The Bertz CT molecular complexity index is 499. The molecule has 0 radical (unpaired) electrons. The molecule has 18 heavy (non-hydrogen) atoms. The zero-order chi connectivity index (χ0) is 13.5. The molecular weight excluding hydrogens is 228 g/mol. The summed E-state index contributed by atoms with van der Waals surface area (Å²) in [6, 6.07) is 8.38. The molecule has 5 heteroatoms. The molecule has 1 aromatic carbocycles. The molecule has 0 heterocycles. The summed E-state index contributed by atoms with van der Waals surface area (Å²) >= 11 is 0. The summed E-state index contributed by atoms with van der Waals surface area (Å²) in [5.41, 5.74) is 1.47. The van der Waals surface area contributed by atoms with E-state index in [0.29, 0.717) is 16.8 Å². The van der Waals surface area contributed by atoms with Crippen LogP contribution in [0.2, 0.25) is 0 Å². The van der Waals surface area contributed by atoms with E-state index in [-0.39, 0.29) is 18.4 Å². The fourth-order valence-electron chi connectivity index (χ4n) is 1.37. The van der Waals surface area contributed by atoms with E-state index < -0.39 is 0 Å². The standard InChI is InChI=1S/C13H14N4O/c1-9(8-15)12(16)10-2-4-11(5-3-10)13(18)17-7-6-14/h2-5,8-9,15-16H,7H2,1H3,(H,17,18). The number of hydrogen-bond donors (Lipinski definition) is 3. The maximum absolute atomic E-state index is 11.5. The number of carbonyl (C=O) groups is 1. The van der Waals surface area contributed by atoms with Crippen LogP contribution in [0.5, 0.6) is 0 Å². The van der Waals surface area contributed by atoms with Gasteiger partial charge in [-0.05, 0) is 17.7 Å². The van der Waals surface area contributed by atoms with Gasteiger partial charge in [0.1, 0.15) is 6.54 Å². The lowest BCUT2D eigenvalue weighted by Gasteiger charge is -2.08. The Morgan fingerprint density at radius 2 is 2.00 bits per heavy atom. The first kappa shape index (κ1) is 13.6. The van der Waals surface area contributed by atoms with Crippen molar-refractivity contribution in [2.75, 3.05) is 6.54 Å². The minimum atomic E-state index is -0.310. The average Bonchev–Trinajstić information content (AvgIpc) is 2.43. The number of nitrogens with zero attached hydrogens (tertiary/aromatic N) is 1. The van der Waals surface area contributed by atoms with Crippen molar-refractivity contribution in [2.45, 2.75) is 6.92 Å². The lowest BCUT2D eigenvalue weighted by atomic mass is 9.98. The fraction of sp³-hybridized carbons (Fsp3) is 0.231. The van der Waals surface area contributed by atoms with Gasteiger partial charge >= 0.3 is 0 Å². The van der Waals surface area contributed by atoms with Crippen molar-refractivity contribution < 1.29 is 4.79 Å². The molecule has 3 N–H and O–H groups in total. The summed E-state index contributed by atoms with van der Waals surface area (Å²) in [6.07, 6.45) is 1.20. The highest BCUT2D eigenvalue weighted by atomic mass is 16.1. The number of amides is 1. The van der Waals surface area contributed by atoms with E-state index in [1.807, 2.05) is 6.07 Å². The molecule has 0 aliphatic rings. The highest BCUT2D eigenvalue weighted by molar-refractivity contribution is 6.07. The summed E-state index contributed by atoms with van der Waals surface area (Å²) in [6.45, 7) is 1.74. The molecule has 0 spiro atoms. The topological polar surface area (TPSA) is 101 Å². The molecule has 1 amide bonds. The van der Waals surface area contributed by atoms with Gasteiger partial charge in [-0.25, -0.2) is 0 Å². The van der Waals surface area contributed by atoms with Gasteiger partial charge in [0.15, 0.2) is 0 Å². The van der Waals surface area contributed by atoms with E-state index in [2.05, 4.69) is 5.32 Å². The maximum Gasteiger partial charge on any atom is 0.252 e. The highest BCUT2D eigenvalue weighted by Gasteiger charge is 2.10. The van der Waals surface area contributed by atoms with Gasteiger partial charge in [-0.3, -0.25) is 4.79 Å².